The number of carbonyl (C=O) groups is 1. The van der Waals surface area contributed by atoms with Gasteiger partial charge >= 0.3 is 5.97 Å². The van der Waals surface area contributed by atoms with Crippen LogP contribution in [0.15, 0.2) is 42.5 Å². The monoisotopic (exact) mass is 521 g/mol. The number of carbonyl (C=O) groups excluding carboxylic acids is 1. The Morgan fingerprint density at radius 2 is 1.92 bits per heavy atom. The second-order valence-electron chi connectivity index (χ2n) is 11.0. The van der Waals surface area contributed by atoms with Crippen LogP contribution in [-0.4, -0.2) is 49.0 Å². The van der Waals surface area contributed by atoms with Gasteiger partial charge in [-0.15, -0.1) is 0 Å². The Bertz CT molecular complexity index is 1050. The summed E-state index contributed by atoms with van der Waals surface area (Å²) < 4.78 is 11.1. The van der Waals surface area contributed by atoms with Crippen LogP contribution in [0.25, 0.3) is 0 Å². The minimum atomic E-state index is -0.723. The first-order valence-electron chi connectivity index (χ1n) is 13.8. The number of aliphatic hydroxyl groups excluding tert-OH is 1. The highest BCUT2D eigenvalue weighted by Gasteiger charge is 2.28. The summed E-state index contributed by atoms with van der Waals surface area (Å²) in [5, 5.41) is 23.6. The van der Waals surface area contributed by atoms with E-state index in [1.807, 2.05) is 6.07 Å². The van der Waals surface area contributed by atoms with E-state index in [1.54, 1.807) is 12.1 Å². The molecule has 0 bridgehead atoms. The van der Waals surface area contributed by atoms with Crippen molar-refractivity contribution in [3.63, 3.8) is 0 Å². The Balaban J connectivity index is 1.41. The number of aliphatic hydroxyl groups is 1. The molecule has 0 aromatic heterocycles. The van der Waals surface area contributed by atoms with E-state index in [9.17, 15) is 15.2 Å². The van der Waals surface area contributed by atoms with E-state index in [4.69, 9.17) is 15.2 Å². The molecule has 0 amide bonds. The van der Waals surface area contributed by atoms with E-state index in [0.29, 0.717) is 43.3 Å². The molecule has 0 radical (unpaired) electrons. The molecule has 0 heterocycles. The molecule has 1 aliphatic rings. The second-order valence-corrected chi connectivity index (χ2v) is 11.0. The standard InChI is InChI=1S/C31H43N3O4/c1-31(2,19-24-16-25-8-4-5-9-26(25)17-24)34-21-28(35)22-38-29-18-23(10-12-27(29)20-33)11-13-30(36)37-15-7-3-6-14-32/h4-5,8-10,12,18,24,28,34-35H,3,6-7,11,13-17,19,21-22,32H2,1-2H3. The molecule has 0 saturated carbocycles. The van der Waals surface area contributed by atoms with E-state index in [0.717, 1.165) is 44.1 Å². The van der Waals surface area contributed by atoms with E-state index in [-0.39, 0.29) is 24.5 Å². The maximum Gasteiger partial charge on any atom is 0.306 e. The van der Waals surface area contributed by atoms with Gasteiger partial charge in [-0.2, -0.15) is 5.26 Å². The summed E-state index contributed by atoms with van der Waals surface area (Å²) in [7, 11) is 0. The first-order chi connectivity index (χ1) is 18.3. The Morgan fingerprint density at radius 3 is 2.61 bits per heavy atom. The van der Waals surface area contributed by atoms with Crippen LogP contribution >= 0.6 is 0 Å². The van der Waals surface area contributed by atoms with Crippen molar-refractivity contribution in [3.05, 3.63) is 64.7 Å². The molecular weight excluding hydrogens is 478 g/mol. The van der Waals surface area contributed by atoms with Crippen LogP contribution in [0, 0.1) is 17.2 Å². The number of fused-ring (bicyclic) bond motifs is 1. The lowest BCUT2D eigenvalue weighted by atomic mass is 9.88. The maximum absolute atomic E-state index is 12.0. The third-order valence-corrected chi connectivity index (χ3v) is 7.08. The minimum absolute atomic E-state index is 0.0704. The number of ether oxygens (including phenoxy) is 2. The molecule has 3 rings (SSSR count). The molecule has 1 aliphatic carbocycles. The van der Waals surface area contributed by atoms with Gasteiger partial charge in [0.1, 0.15) is 24.5 Å². The molecule has 0 aliphatic heterocycles. The first-order valence-corrected chi connectivity index (χ1v) is 13.8. The molecule has 1 atom stereocenters. The van der Waals surface area contributed by atoms with Gasteiger partial charge in [0.25, 0.3) is 0 Å². The smallest absolute Gasteiger partial charge is 0.306 e. The Hall–Kier alpha value is -2.92. The lowest BCUT2D eigenvalue weighted by Gasteiger charge is -2.30. The number of hydrogen-bond acceptors (Lipinski definition) is 7. The first kappa shape index (κ1) is 29.6. The van der Waals surface area contributed by atoms with Crippen LogP contribution in [0.4, 0.5) is 0 Å². The van der Waals surface area contributed by atoms with Gasteiger partial charge in [-0.3, -0.25) is 4.79 Å². The predicted octanol–water partition coefficient (Wildman–Crippen LogP) is 4.08. The van der Waals surface area contributed by atoms with E-state index < -0.39 is 6.10 Å². The van der Waals surface area contributed by atoms with Crippen molar-refractivity contribution in [1.82, 2.24) is 5.32 Å². The summed E-state index contributed by atoms with van der Waals surface area (Å²) in [4.78, 5) is 12.0. The van der Waals surface area contributed by atoms with E-state index >= 15 is 0 Å². The van der Waals surface area contributed by atoms with Crippen LogP contribution in [0.1, 0.15) is 68.2 Å². The molecule has 1 unspecified atom stereocenters. The van der Waals surface area contributed by atoms with Crippen molar-refractivity contribution >= 4 is 5.97 Å². The molecule has 206 valence electrons. The molecule has 7 nitrogen and oxygen atoms in total. The molecule has 2 aromatic carbocycles. The van der Waals surface area contributed by atoms with Gasteiger partial charge in [0.15, 0.2) is 0 Å². The maximum atomic E-state index is 12.0. The van der Waals surface area contributed by atoms with Crippen LogP contribution in [0.2, 0.25) is 0 Å². The highest BCUT2D eigenvalue weighted by molar-refractivity contribution is 5.69. The number of aryl methyl sites for hydroxylation is 1. The largest absolute Gasteiger partial charge is 0.489 e. The van der Waals surface area contributed by atoms with Crippen LogP contribution < -0.4 is 15.8 Å². The molecule has 2 aromatic rings. The molecule has 7 heteroatoms. The van der Waals surface area contributed by atoms with Crippen molar-refractivity contribution < 1.29 is 19.4 Å². The average Bonchev–Trinajstić information content (AvgIpc) is 3.31. The van der Waals surface area contributed by atoms with Crippen molar-refractivity contribution in [2.24, 2.45) is 11.7 Å². The zero-order valence-electron chi connectivity index (χ0n) is 22.9. The van der Waals surface area contributed by atoms with E-state index in [1.165, 1.54) is 11.1 Å². The van der Waals surface area contributed by atoms with Crippen LogP contribution in [0.3, 0.4) is 0 Å². The number of unbranched alkanes of at least 4 members (excludes halogenated alkanes) is 2. The fourth-order valence-corrected chi connectivity index (χ4v) is 5.09. The third kappa shape index (κ3) is 9.75. The van der Waals surface area contributed by atoms with Gasteiger partial charge in [-0.1, -0.05) is 30.3 Å². The molecule has 4 N–H and O–H groups in total. The van der Waals surface area contributed by atoms with Gasteiger partial charge < -0.3 is 25.6 Å². The second kappa shape index (κ2) is 14.9. The molecule has 38 heavy (non-hydrogen) atoms. The zero-order valence-corrected chi connectivity index (χ0v) is 22.9. The zero-order chi connectivity index (χ0) is 27.4. The number of β-amino-alcohol motifs (C(OH)–C–C–N with tert-alkyl or cyclic N) is 1. The summed E-state index contributed by atoms with van der Waals surface area (Å²) in [5.74, 6) is 0.773. The Morgan fingerprint density at radius 1 is 1.18 bits per heavy atom. The van der Waals surface area contributed by atoms with Crippen LogP contribution in [-0.2, 0) is 28.8 Å². The summed E-state index contributed by atoms with van der Waals surface area (Å²) >= 11 is 0. The highest BCUT2D eigenvalue weighted by atomic mass is 16.5. The highest BCUT2D eigenvalue weighted by Crippen LogP contribution is 2.32. The minimum Gasteiger partial charge on any atom is -0.489 e. The van der Waals surface area contributed by atoms with Gasteiger partial charge in [0.05, 0.1) is 12.2 Å². The van der Waals surface area contributed by atoms with Gasteiger partial charge in [0.2, 0.25) is 0 Å². The lowest BCUT2D eigenvalue weighted by molar-refractivity contribution is -0.143. The quantitative estimate of drug-likeness (QED) is 0.225. The van der Waals surface area contributed by atoms with Crippen molar-refractivity contribution in [2.75, 3.05) is 26.3 Å². The Kier molecular flexibility index (Phi) is 11.6. The average molecular weight is 522 g/mol. The lowest BCUT2D eigenvalue weighted by Crippen LogP contribution is -2.46. The third-order valence-electron chi connectivity index (χ3n) is 7.08. The number of nitrogens with two attached hydrogens (primary N) is 1. The summed E-state index contributed by atoms with van der Waals surface area (Å²) in [6.07, 6.45) is 5.97. The summed E-state index contributed by atoms with van der Waals surface area (Å²) in [5.41, 5.74) is 9.53. The van der Waals surface area contributed by atoms with Crippen molar-refractivity contribution in [1.29, 1.82) is 5.26 Å². The van der Waals surface area contributed by atoms with Crippen molar-refractivity contribution in [2.45, 2.75) is 76.9 Å². The van der Waals surface area contributed by atoms with Gasteiger partial charge in [0, 0.05) is 18.5 Å². The summed E-state index contributed by atoms with van der Waals surface area (Å²) in [6, 6.07) is 16.1. The number of nitrogens with zero attached hydrogens (tertiary/aromatic N) is 1. The Labute approximate surface area is 227 Å². The number of esters is 1. The number of nitrogens with one attached hydrogen (secondary N) is 1. The predicted molar refractivity (Wildman–Crippen MR) is 149 cm³/mol. The van der Waals surface area contributed by atoms with Crippen LogP contribution in [0.5, 0.6) is 5.75 Å². The van der Waals surface area contributed by atoms with E-state index in [2.05, 4.69) is 49.5 Å². The number of benzene rings is 2. The fourth-order valence-electron chi connectivity index (χ4n) is 5.09. The van der Waals surface area contributed by atoms with Gasteiger partial charge in [-0.05, 0) is 100 Å². The molecule has 0 fully saturated rings. The number of rotatable bonds is 16. The SMILES string of the molecule is CC(C)(CC1Cc2ccccc2C1)NCC(O)COc1cc(CCC(=O)OCCCCCN)ccc1C#N. The molecule has 0 saturated heterocycles. The number of hydrogen-bond donors (Lipinski definition) is 3. The normalized spacial score (nSPS) is 14.1. The topological polar surface area (TPSA) is 118 Å². The molecular formula is C31H43N3O4. The number of nitriles is 1. The van der Waals surface area contributed by atoms with Crippen molar-refractivity contribution in [3.8, 4) is 11.8 Å². The van der Waals surface area contributed by atoms with Gasteiger partial charge in [-0.25, -0.2) is 0 Å². The molecule has 0 spiro atoms. The fraction of sp³-hybridized carbons (Fsp3) is 0.548. The summed E-state index contributed by atoms with van der Waals surface area (Å²) in [6.45, 7) is 5.88.